The van der Waals surface area contributed by atoms with Crippen LogP contribution in [0.15, 0.2) is 22.7 Å². The molecule has 0 atom stereocenters. The van der Waals surface area contributed by atoms with Gasteiger partial charge in [-0.3, -0.25) is 4.79 Å². The zero-order valence-corrected chi connectivity index (χ0v) is 10.5. The van der Waals surface area contributed by atoms with Gasteiger partial charge in [-0.25, -0.2) is 0 Å². The molecular formula is C12H12BrNO2. The minimum atomic E-state index is -0.231. The lowest BCUT2D eigenvalue weighted by Gasteiger charge is -2.08. The Bertz CT molecular complexity index is 424. The van der Waals surface area contributed by atoms with E-state index in [1.54, 1.807) is 0 Å². The second kappa shape index (κ2) is 6.19. The minimum Gasteiger partial charge on any atom is -0.483 e. The van der Waals surface area contributed by atoms with E-state index in [1.165, 1.54) is 0 Å². The SMILES string of the molecule is C#CCNC(=O)COc1ccc(C)cc1Br. The summed E-state index contributed by atoms with van der Waals surface area (Å²) in [5.41, 5.74) is 1.12. The standard InChI is InChI=1S/C12H12BrNO2/c1-3-6-14-12(15)8-16-11-5-4-9(2)7-10(11)13/h1,4-5,7H,6,8H2,2H3,(H,14,15). The third-order valence-corrected chi connectivity index (χ3v) is 2.45. The van der Waals surface area contributed by atoms with Crippen LogP contribution in [0.2, 0.25) is 0 Å². The van der Waals surface area contributed by atoms with Crippen LogP contribution >= 0.6 is 15.9 Å². The number of amides is 1. The van der Waals surface area contributed by atoms with Crippen LogP contribution in [0.5, 0.6) is 5.75 Å². The quantitative estimate of drug-likeness (QED) is 0.856. The minimum absolute atomic E-state index is 0.0384. The summed E-state index contributed by atoms with van der Waals surface area (Å²) in [4.78, 5) is 11.2. The van der Waals surface area contributed by atoms with E-state index in [9.17, 15) is 4.79 Å². The molecule has 84 valence electrons. The molecule has 1 aromatic rings. The molecule has 0 aromatic heterocycles. The van der Waals surface area contributed by atoms with Crippen LogP contribution < -0.4 is 10.1 Å². The molecule has 0 fully saturated rings. The molecule has 0 spiro atoms. The molecule has 0 saturated carbocycles. The number of hydrogen-bond donors (Lipinski definition) is 1. The molecule has 16 heavy (non-hydrogen) atoms. The first-order valence-corrected chi connectivity index (χ1v) is 5.52. The second-order valence-electron chi connectivity index (χ2n) is 3.20. The molecule has 0 aliphatic carbocycles. The van der Waals surface area contributed by atoms with Crippen molar-refractivity contribution in [3.8, 4) is 18.1 Å². The topological polar surface area (TPSA) is 38.3 Å². The third kappa shape index (κ3) is 3.95. The van der Waals surface area contributed by atoms with E-state index in [0.717, 1.165) is 10.0 Å². The van der Waals surface area contributed by atoms with Crippen molar-refractivity contribution in [2.24, 2.45) is 0 Å². The highest BCUT2D eigenvalue weighted by Crippen LogP contribution is 2.25. The molecule has 0 unspecified atom stereocenters. The van der Waals surface area contributed by atoms with Crippen molar-refractivity contribution in [1.29, 1.82) is 0 Å². The Labute approximate surface area is 103 Å². The largest absolute Gasteiger partial charge is 0.483 e. The summed E-state index contributed by atoms with van der Waals surface area (Å²) in [6.07, 6.45) is 5.01. The summed E-state index contributed by atoms with van der Waals surface area (Å²) in [5.74, 6) is 2.73. The summed E-state index contributed by atoms with van der Waals surface area (Å²) in [6.45, 7) is 2.16. The van der Waals surface area contributed by atoms with Crippen molar-refractivity contribution >= 4 is 21.8 Å². The van der Waals surface area contributed by atoms with Gasteiger partial charge in [0.2, 0.25) is 0 Å². The number of carbonyl (C=O) groups excluding carboxylic acids is 1. The van der Waals surface area contributed by atoms with Crippen LogP contribution in [-0.2, 0) is 4.79 Å². The van der Waals surface area contributed by atoms with Crippen LogP contribution in [0, 0.1) is 19.3 Å². The molecule has 0 bridgehead atoms. The highest BCUT2D eigenvalue weighted by atomic mass is 79.9. The van der Waals surface area contributed by atoms with Crippen molar-refractivity contribution in [2.75, 3.05) is 13.2 Å². The monoisotopic (exact) mass is 281 g/mol. The summed E-state index contributed by atoms with van der Waals surface area (Å²) in [7, 11) is 0. The van der Waals surface area contributed by atoms with E-state index in [1.807, 2.05) is 25.1 Å². The Morgan fingerprint density at radius 3 is 3.00 bits per heavy atom. The highest BCUT2D eigenvalue weighted by Gasteiger charge is 2.04. The number of aryl methyl sites for hydroxylation is 1. The van der Waals surface area contributed by atoms with Gasteiger partial charge < -0.3 is 10.1 Å². The predicted octanol–water partition coefficient (Wildman–Crippen LogP) is 1.89. The van der Waals surface area contributed by atoms with Gasteiger partial charge in [0.1, 0.15) is 5.75 Å². The van der Waals surface area contributed by atoms with Gasteiger partial charge in [0.15, 0.2) is 6.61 Å². The van der Waals surface area contributed by atoms with Crippen molar-refractivity contribution < 1.29 is 9.53 Å². The van der Waals surface area contributed by atoms with Gasteiger partial charge >= 0.3 is 0 Å². The summed E-state index contributed by atoms with van der Waals surface area (Å²) in [6, 6.07) is 5.65. The average molecular weight is 282 g/mol. The number of nitrogens with one attached hydrogen (secondary N) is 1. The molecule has 0 heterocycles. The average Bonchev–Trinajstić information content (AvgIpc) is 2.25. The van der Waals surface area contributed by atoms with Gasteiger partial charge in [0, 0.05) is 0 Å². The highest BCUT2D eigenvalue weighted by molar-refractivity contribution is 9.10. The first-order valence-electron chi connectivity index (χ1n) is 4.72. The normalized spacial score (nSPS) is 9.31. The molecule has 1 rings (SSSR count). The molecule has 0 aliphatic rings. The number of ether oxygens (including phenoxy) is 1. The van der Waals surface area contributed by atoms with E-state index < -0.39 is 0 Å². The maximum Gasteiger partial charge on any atom is 0.258 e. The Hall–Kier alpha value is -1.47. The molecule has 0 radical (unpaired) electrons. The van der Waals surface area contributed by atoms with Crippen molar-refractivity contribution in [1.82, 2.24) is 5.32 Å². The first-order chi connectivity index (χ1) is 7.63. The number of benzene rings is 1. The fraction of sp³-hybridized carbons (Fsp3) is 0.250. The third-order valence-electron chi connectivity index (χ3n) is 1.83. The van der Waals surface area contributed by atoms with Crippen LogP contribution in [0.1, 0.15) is 5.56 Å². The fourth-order valence-electron chi connectivity index (χ4n) is 1.07. The molecule has 1 amide bonds. The lowest BCUT2D eigenvalue weighted by molar-refractivity contribution is -0.122. The second-order valence-corrected chi connectivity index (χ2v) is 4.06. The van der Waals surface area contributed by atoms with Crippen molar-refractivity contribution in [2.45, 2.75) is 6.92 Å². The Morgan fingerprint density at radius 1 is 1.62 bits per heavy atom. The van der Waals surface area contributed by atoms with E-state index >= 15 is 0 Å². The molecular weight excluding hydrogens is 270 g/mol. The van der Waals surface area contributed by atoms with E-state index in [0.29, 0.717) is 5.75 Å². The number of rotatable bonds is 4. The summed E-state index contributed by atoms with van der Waals surface area (Å²) >= 11 is 3.36. The molecule has 1 N–H and O–H groups in total. The van der Waals surface area contributed by atoms with E-state index in [4.69, 9.17) is 11.2 Å². The van der Waals surface area contributed by atoms with Gasteiger partial charge in [-0.1, -0.05) is 12.0 Å². The zero-order chi connectivity index (χ0) is 12.0. The molecule has 4 heteroatoms. The van der Waals surface area contributed by atoms with E-state index in [-0.39, 0.29) is 19.1 Å². The van der Waals surface area contributed by atoms with Crippen molar-refractivity contribution in [3.05, 3.63) is 28.2 Å². The smallest absolute Gasteiger partial charge is 0.258 e. The van der Waals surface area contributed by atoms with E-state index in [2.05, 4.69) is 27.2 Å². The van der Waals surface area contributed by atoms with Crippen LogP contribution in [0.4, 0.5) is 0 Å². The van der Waals surface area contributed by atoms with Gasteiger partial charge in [-0.2, -0.15) is 0 Å². The maximum absolute atomic E-state index is 11.2. The maximum atomic E-state index is 11.2. The van der Waals surface area contributed by atoms with Crippen LogP contribution in [-0.4, -0.2) is 19.1 Å². The first kappa shape index (κ1) is 12.6. The van der Waals surface area contributed by atoms with Crippen LogP contribution in [0.25, 0.3) is 0 Å². The van der Waals surface area contributed by atoms with Crippen LogP contribution in [0.3, 0.4) is 0 Å². The molecule has 1 aromatic carbocycles. The number of halogens is 1. The number of terminal acetylenes is 1. The van der Waals surface area contributed by atoms with Gasteiger partial charge in [-0.15, -0.1) is 6.42 Å². The summed E-state index contributed by atoms with van der Waals surface area (Å²) in [5, 5.41) is 2.52. The predicted molar refractivity (Wildman–Crippen MR) is 66.2 cm³/mol. The Morgan fingerprint density at radius 2 is 2.38 bits per heavy atom. The number of carbonyl (C=O) groups is 1. The Balaban J connectivity index is 2.49. The lowest BCUT2D eigenvalue weighted by atomic mass is 10.2. The van der Waals surface area contributed by atoms with Gasteiger partial charge in [-0.05, 0) is 40.5 Å². The lowest BCUT2D eigenvalue weighted by Crippen LogP contribution is -2.29. The number of hydrogen-bond acceptors (Lipinski definition) is 2. The fourth-order valence-corrected chi connectivity index (χ4v) is 1.67. The molecule has 0 saturated heterocycles. The van der Waals surface area contributed by atoms with Crippen molar-refractivity contribution in [3.63, 3.8) is 0 Å². The molecule has 3 nitrogen and oxygen atoms in total. The zero-order valence-electron chi connectivity index (χ0n) is 8.92. The van der Waals surface area contributed by atoms with Gasteiger partial charge in [0.25, 0.3) is 5.91 Å². The Kier molecular flexibility index (Phi) is 4.87. The summed E-state index contributed by atoms with van der Waals surface area (Å²) < 4.78 is 6.15. The molecule has 0 aliphatic heterocycles. The van der Waals surface area contributed by atoms with Gasteiger partial charge in [0.05, 0.1) is 11.0 Å².